The lowest BCUT2D eigenvalue weighted by atomic mass is 9.88. The van der Waals surface area contributed by atoms with E-state index in [0.717, 1.165) is 66.4 Å². The molecule has 37 heavy (non-hydrogen) atoms. The molecule has 0 spiro atoms. The van der Waals surface area contributed by atoms with Crippen molar-refractivity contribution in [3.63, 3.8) is 0 Å². The second kappa shape index (κ2) is 11.3. The largest absolute Gasteiger partial charge is 0.490 e. The van der Waals surface area contributed by atoms with Crippen LogP contribution in [0.1, 0.15) is 37.7 Å². The molecule has 190 valence electrons. The van der Waals surface area contributed by atoms with Gasteiger partial charge in [-0.15, -0.1) is 0 Å². The Morgan fingerprint density at radius 1 is 1.00 bits per heavy atom. The fraction of sp³-hybridized carbons (Fsp3) is 0.290. The van der Waals surface area contributed by atoms with Gasteiger partial charge in [-0.05, 0) is 53.8 Å². The number of nitrogens with zero attached hydrogens (tertiary/aromatic N) is 1. The summed E-state index contributed by atoms with van der Waals surface area (Å²) in [5.74, 6) is 0.866. The van der Waals surface area contributed by atoms with E-state index in [4.69, 9.17) is 9.47 Å². The van der Waals surface area contributed by atoms with Gasteiger partial charge in [-0.2, -0.15) is 0 Å². The van der Waals surface area contributed by atoms with Gasteiger partial charge in [0.25, 0.3) is 0 Å². The third-order valence-corrected chi connectivity index (χ3v) is 7.02. The minimum Gasteiger partial charge on any atom is -0.490 e. The molecule has 1 fully saturated rings. The van der Waals surface area contributed by atoms with Gasteiger partial charge >= 0.3 is 5.97 Å². The van der Waals surface area contributed by atoms with Crippen molar-refractivity contribution >= 4 is 23.3 Å². The Kier molecular flexibility index (Phi) is 7.54. The summed E-state index contributed by atoms with van der Waals surface area (Å²) >= 11 is 0. The van der Waals surface area contributed by atoms with Gasteiger partial charge in [0.05, 0.1) is 12.2 Å². The fourth-order valence-corrected chi connectivity index (χ4v) is 5.04. The molecule has 0 atom stereocenters. The minimum atomic E-state index is -0.527. The minimum absolute atomic E-state index is 0.0107. The highest BCUT2D eigenvalue weighted by molar-refractivity contribution is 5.95. The molecular formula is C31H32N2O4. The molecule has 0 aromatic heterocycles. The van der Waals surface area contributed by atoms with Gasteiger partial charge in [-0.25, -0.2) is 4.79 Å². The molecule has 3 aromatic rings. The average Bonchev–Trinajstić information content (AvgIpc) is 2.96. The number of benzene rings is 3. The van der Waals surface area contributed by atoms with Gasteiger partial charge in [0.15, 0.2) is 0 Å². The van der Waals surface area contributed by atoms with Gasteiger partial charge in [0.2, 0.25) is 5.91 Å². The van der Waals surface area contributed by atoms with Crippen LogP contribution >= 0.6 is 0 Å². The van der Waals surface area contributed by atoms with Crippen LogP contribution in [0.25, 0.3) is 11.1 Å². The molecule has 0 saturated heterocycles. The Hall–Kier alpha value is -4.06. The summed E-state index contributed by atoms with van der Waals surface area (Å²) in [5, 5.41) is 3.35. The monoisotopic (exact) mass is 496 g/mol. The van der Waals surface area contributed by atoms with Gasteiger partial charge in [-0.1, -0.05) is 62.2 Å². The topological polar surface area (TPSA) is 67.9 Å². The Balaban J connectivity index is 1.39. The number of amides is 1. The molecule has 3 aromatic carbocycles. The summed E-state index contributed by atoms with van der Waals surface area (Å²) in [6.07, 6.45) is 6.29. The zero-order chi connectivity index (χ0) is 25.6. The van der Waals surface area contributed by atoms with E-state index in [1.165, 1.54) is 6.42 Å². The lowest BCUT2D eigenvalue weighted by Crippen LogP contribution is -2.36. The Labute approximate surface area is 217 Å². The van der Waals surface area contributed by atoms with E-state index in [1.54, 1.807) is 18.2 Å². The molecule has 1 aliphatic heterocycles. The number of carbonyl (C=O) groups excluding carboxylic acids is 2. The fourth-order valence-electron chi connectivity index (χ4n) is 5.04. The van der Waals surface area contributed by atoms with E-state index in [1.807, 2.05) is 11.0 Å². The SMILES string of the molecule is C=CC(=O)Oc1cccc(N(Cc2ccc(-c3ccc4c(c3)OCCN4)cc2)C(=O)C2CCCCC2)c1. The van der Waals surface area contributed by atoms with E-state index in [2.05, 4.69) is 54.4 Å². The van der Waals surface area contributed by atoms with Crippen LogP contribution in [0, 0.1) is 5.92 Å². The smallest absolute Gasteiger partial charge is 0.335 e. The number of fused-ring (bicyclic) bond motifs is 1. The lowest BCUT2D eigenvalue weighted by Gasteiger charge is -2.30. The number of rotatable bonds is 7. The first-order valence-corrected chi connectivity index (χ1v) is 13.0. The Morgan fingerprint density at radius 2 is 1.78 bits per heavy atom. The van der Waals surface area contributed by atoms with Gasteiger partial charge in [0.1, 0.15) is 18.1 Å². The molecule has 0 unspecified atom stereocenters. The molecule has 1 heterocycles. The number of ether oxygens (including phenoxy) is 2. The van der Waals surface area contributed by atoms with Crippen LogP contribution < -0.4 is 19.7 Å². The first-order valence-electron chi connectivity index (χ1n) is 13.0. The van der Waals surface area contributed by atoms with Crippen molar-refractivity contribution in [3.8, 4) is 22.6 Å². The quantitative estimate of drug-likeness (QED) is 0.234. The molecule has 1 saturated carbocycles. The maximum Gasteiger partial charge on any atom is 0.335 e. The van der Waals surface area contributed by atoms with E-state index >= 15 is 0 Å². The van der Waals surface area contributed by atoms with Crippen LogP contribution in [-0.4, -0.2) is 25.0 Å². The third kappa shape index (κ3) is 5.85. The molecule has 1 amide bonds. The van der Waals surface area contributed by atoms with Crippen LogP contribution in [0.2, 0.25) is 0 Å². The van der Waals surface area contributed by atoms with Gasteiger partial charge in [0, 0.05) is 30.3 Å². The lowest BCUT2D eigenvalue weighted by molar-refractivity contribution is -0.129. The number of hydrogen-bond donors (Lipinski definition) is 1. The Morgan fingerprint density at radius 3 is 2.57 bits per heavy atom. The first kappa shape index (κ1) is 24.6. The van der Waals surface area contributed by atoms with Crippen molar-refractivity contribution in [3.05, 3.63) is 84.9 Å². The molecule has 2 aliphatic rings. The molecular weight excluding hydrogens is 464 g/mol. The van der Waals surface area contributed by atoms with Crippen molar-refractivity contribution in [2.45, 2.75) is 38.6 Å². The highest BCUT2D eigenvalue weighted by Gasteiger charge is 2.27. The first-order chi connectivity index (χ1) is 18.1. The van der Waals surface area contributed by atoms with E-state index in [0.29, 0.717) is 24.6 Å². The number of esters is 1. The predicted molar refractivity (Wildman–Crippen MR) is 146 cm³/mol. The Bertz CT molecular complexity index is 1280. The zero-order valence-electron chi connectivity index (χ0n) is 20.9. The van der Waals surface area contributed by atoms with E-state index in [9.17, 15) is 9.59 Å². The van der Waals surface area contributed by atoms with Crippen molar-refractivity contribution in [1.82, 2.24) is 0 Å². The van der Waals surface area contributed by atoms with Crippen molar-refractivity contribution < 1.29 is 19.1 Å². The highest BCUT2D eigenvalue weighted by Crippen LogP contribution is 2.34. The van der Waals surface area contributed by atoms with Crippen LogP contribution in [0.5, 0.6) is 11.5 Å². The van der Waals surface area contributed by atoms with Crippen LogP contribution in [-0.2, 0) is 16.1 Å². The van der Waals surface area contributed by atoms with Crippen LogP contribution in [0.4, 0.5) is 11.4 Å². The van der Waals surface area contributed by atoms with Crippen LogP contribution in [0.3, 0.4) is 0 Å². The molecule has 1 N–H and O–H groups in total. The number of nitrogens with one attached hydrogen (secondary N) is 1. The molecule has 0 radical (unpaired) electrons. The third-order valence-electron chi connectivity index (χ3n) is 7.02. The molecule has 0 bridgehead atoms. The second-order valence-electron chi connectivity index (χ2n) is 9.56. The standard InChI is InChI=1S/C31H32N2O4/c1-2-30(34)37-27-10-6-9-26(20-27)33(31(35)24-7-4-3-5-8-24)21-22-11-13-23(14-12-22)25-15-16-28-29(19-25)36-18-17-32-28/h2,6,9-16,19-20,24,32H,1,3-5,7-8,17-18,21H2. The van der Waals surface area contributed by atoms with Crippen molar-refractivity contribution in [1.29, 1.82) is 0 Å². The normalized spacial score (nSPS) is 15.0. The molecule has 6 nitrogen and oxygen atoms in total. The summed E-state index contributed by atoms with van der Waals surface area (Å²) in [6, 6.07) is 21.6. The summed E-state index contributed by atoms with van der Waals surface area (Å²) in [7, 11) is 0. The van der Waals surface area contributed by atoms with Crippen molar-refractivity contribution in [2.24, 2.45) is 5.92 Å². The zero-order valence-corrected chi connectivity index (χ0v) is 20.9. The molecule has 5 rings (SSSR count). The van der Waals surface area contributed by atoms with Gasteiger partial charge < -0.3 is 19.7 Å². The molecule has 1 aliphatic carbocycles. The van der Waals surface area contributed by atoms with E-state index in [-0.39, 0.29) is 11.8 Å². The summed E-state index contributed by atoms with van der Waals surface area (Å²) in [4.78, 5) is 27.3. The second-order valence-corrected chi connectivity index (χ2v) is 9.56. The van der Waals surface area contributed by atoms with Crippen LogP contribution in [0.15, 0.2) is 79.4 Å². The summed E-state index contributed by atoms with van der Waals surface area (Å²) < 4.78 is 11.1. The van der Waals surface area contributed by atoms with Crippen molar-refractivity contribution in [2.75, 3.05) is 23.4 Å². The highest BCUT2D eigenvalue weighted by atomic mass is 16.5. The summed E-state index contributed by atoms with van der Waals surface area (Å²) in [6.45, 7) is 5.37. The average molecular weight is 497 g/mol. The maximum atomic E-state index is 13.7. The number of hydrogen-bond acceptors (Lipinski definition) is 5. The maximum absolute atomic E-state index is 13.7. The number of anilines is 2. The summed E-state index contributed by atoms with van der Waals surface area (Å²) in [5.41, 5.74) is 4.93. The van der Waals surface area contributed by atoms with Gasteiger partial charge in [-0.3, -0.25) is 4.79 Å². The predicted octanol–water partition coefficient (Wildman–Crippen LogP) is 6.36. The number of carbonyl (C=O) groups is 2. The van der Waals surface area contributed by atoms with E-state index < -0.39 is 5.97 Å². The molecule has 6 heteroatoms.